The van der Waals surface area contributed by atoms with Crippen molar-refractivity contribution in [1.29, 1.82) is 0 Å². The van der Waals surface area contributed by atoms with Gasteiger partial charge < -0.3 is 10.1 Å². The van der Waals surface area contributed by atoms with Gasteiger partial charge in [0.2, 0.25) is 0 Å². The molecule has 1 heterocycles. The maximum atomic E-state index is 11.0. The Bertz CT molecular complexity index is 616. The second kappa shape index (κ2) is 7.54. The summed E-state index contributed by atoms with van der Waals surface area (Å²) in [7, 11) is 0. The Morgan fingerprint density at radius 2 is 2.19 bits per heavy atom. The van der Waals surface area contributed by atoms with E-state index in [9.17, 15) is 10.1 Å². The van der Waals surface area contributed by atoms with Crippen molar-refractivity contribution in [3.05, 3.63) is 40.6 Å². The molecule has 1 N–H and O–H groups in total. The van der Waals surface area contributed by atoms with Crippen molar-refractivity contribution >= 4 is 22.3 Å². The van der Waals surface area contributed by atoms with Crippen molar-refractivity contribution in [2.45, 2.75) is 19.8 Å². The molecule has 6 nitrogen and oxygen atoms in total. The highest BCUT2D eigenvalue weighted by atomic mass is 16.6. The number of nitro benzene ring substituents is 1. The van der Waals surface area contributed by atoms with Crippen LogP contribution in [0.1, 0.15) is 19.8 Å². The van der Waals surface area contributed by atoms with E-state index in [1.165, 1.54) is 6.07 Å². The van der Waals surface area contributed by atoms with E-state index < -0.39 is 4.92 Å². The number of hydrogen-bond acceptors (Lipinski definition) is 5. The second-order valence-corrected chi connectivity index (χ2v) is 4.68. The van der Waals surface area contributed by atoms with E-state index >= 15 is 0 Å². The van der Waals surface area contributed by atoms with E-state index in [1.54, 1.807) is 18.3 Å². The van der Waals surface area contributed by atoms with Crippen molar-refractivity contribution in [3.8, 4) is 0 Å². The summed E-state index contributed by atoms with van der Waals surface area (Å²) < 4.78 is 5.42. The highest BCUT2D eigenvalue weighted by molar-refractivity contribution is 5.96. The number of nitrogens with one attached hydrogen (secondary N) is 1. The molecule has 112 valence electrons. The lowest BCUT2D eigenvalue weighted by molar-refractivity contribution is -0.383. The molecular weight excluding hydrogens is 270 g/mol. The van der Waals surface area contributed by atoms with Gasteiger partial charge in [0, 0.05) is 43.1 Å². The zero-order valence-electron chi connectivity index (χ0n) is 12.0. The smallest absolute Gasteiger partial charge is 0.295 e. The van der Waals surface area contributed by atoms with Crippen LogP contribution in [-0.4, -0.2) is 29.7 Å². The fourth-order valence-corrected chi connectivity index (χ4v) is 2.10. The number of non-ortho nitro benzene ring substituents is 1. The van der Waals surface area contributed by atoms with E-state index in [2.05, 4.69) is 17.2 Å². The number of anilines is 1. The molecule has 0 aliphatic carbocycles. The summed E-state index contributed by atoms with van der Waals surface area (Å²) in [5.74, 6) is 0. The van der Waals surface area contributed by atoms with Crippen molar-refractivity contribution < 1.29 is 9.66 Å². The number of aromatic nitrogens is 1. The Morgan fingerprint density at radius 3 is 2.95 bits per heavy atom. The highest BCUT2D eigenvalue weighted by Crippen LogP contribution is 2.29. The summed E-state index contributed by atoms with van der Waals surface area (Å²) in [5.41, 5.74) is 1.30. The summed E-state index contributed by atoms with van der Waals surface area (Å²) in [5, 5.41) is 15.1. The topological polar surface area (TPSA) is 77.3 Å². The van der Waals surface area contributed by atoms with Gasteiger partial charge in [-0.2, -0.15) is 0 Å². The summed E-state index contributed by atoms with van der Waals surface area (Å²) in [6.45, 7) is 4.33. The summed E-state index contributed by atoms with van der Waals surface area (Å²) in [6.07, 6.45) is 3.47. The van der Waals surface area contributed by atoms with Crippen LogP contribution >= 0.6 is 0 Å². The van der Waals surface area contributed by atoms with Gasteiger partial charge >= 0.3 is 0 Å². The molecule has 0 saturated carbocycles. The molecule has 1 aromatic heterocycles. The maximum absolute atomic E-state index is 11.0. The first kappa shape index (κ1) is 15.2. The van der Waals surface area contributed by atoms with Crippen LogP contribution in [0.2, 0.25) is 0 Å². The van der Waals surface area contributed by atoms with Crippen LogP contribution in [0.5, 0.6) is 0 Å². The molecule has 1 aromatic carbocycles. The summed E-state index contributed by atoms with van der Waals surface area (Å²) in [4.78, 5) is 14.7. The van der Waals surface area contributed by atoms with E-state index in [4.69, 9.17) is 4.74 Å². The molecule has 0 aliphatic rings. The Morgan fingerprint density at radius 1 is 1.33 bits per heavy atom. The average Bonchev–Trinajstić information content (AvgIpc) is 2.50. The average molecular weight is 289 g/mol. The van der Waals surface area contributed by atoms with Gasteiger partial charge in [0.05, 0.1) is 4.92 Å². The predicted octanol–water partition coefficient (Wildman–Crippen LogP) is 3.37. The Kier molecular flexibility index (Phi) is 5.45. The standard InChI is InChI=1S/C15H19N3O3/c1-2-10-21-11-4-9-16-13-6-7-14(18(19)20)15-12(13)5-3-8-17-15/h3,5-8,16H,2,4,9-11H2,1H3. The third-order valence-corrected chi connectivity index (χ3v) is 3.07. The molecule has 0 bridgehead atoms. The van der Waals surface area contributed by atoms with Crippen LogP contribution in [0.25, 0.3) is 10.9 Å². The highest BCUT2D eigenvalue weighted by Gasteiger charge is 2.14. The monoisotopic (exact) mass is 289 g/mol. The zero-order valence-corrected chi connectivity index (χ0v) is 12.0. The zero-order chi connectivity index (χ0) is 15.1. The van der Waals surface area contributed by atoms with Crippen molar-refractivity contribution in [2.75, 3.05) is 25.1 Å². The van der Waals surface area contributed by atoms with Crippen molar-refractivity contribution in [3.63, 3.8) is 0 Å². The number of fused-ring (bicyclic) bond motifs is 1. The van der Waals surface area contributed by atoms with Crippen LogP contribution in [0, 0.1) is 10.1 Å². The molecule has 0 atom stereocenters. The van der Waals surface area contributed by atoms with Gasteiger partial charge in [-0.05, 0) is 31.0 Å². The van der Waals surface area contributed by atoms with E-state index in [1.807, 2.05) is 6.07 Å². The number of pyridine rings is 1. The molecule has 21 heavy (non-hydrogen) atoms. The first-order chi connectivity index (χ1) is 10.2. The quantitative estimate of drug-likeness (QED) is 0.458. The SMILES string of the molecule is CCCOCCCNc1ccc([N+](=O)[O-])c2ncccc12. The van der Waals surface area contributed by atoms with E-state index in [-0.39, 0.29) is 5.69 Å². The minimum atomic E-state index is -0.405. The van der Waals surface area contributed by atoms with Crippen molar-refractivity contribution in [2.24, 2.45) is 0 Å². The first-order valence-corrected chi connectivity index (χ1v) is 7.07. The molecule has 0 unspecified atom stereocenters. The largest absolute Gasteiger partial charge is 0.384 e. The maximum Gasteiger partial charge on any atom is 0.295 e. The fourth-order valence-electron chi connectivity index (χ4n) is 2.10. The lowest BCUT2D eigenvalue weighted by Gasteiger charge is -2.09. The van der Waals surface area contributed by atoms with Gasteiger partial charge in [-0.3, -0.25) is 10.1 Å². The molecule has 0 radical (unpaired) electrons. The van der Waals surface area contributed by atoms with Crippen LogP contribution < -0.4 is 5.32 Å². The predicted molar refractivity (Wildman–Crippen MR) is 82.6 cm³/mol. The van der Waals surface area contributed by atoms with Crippen LogP contribution in [0.3, 0.4) is 0 Å². The van der Waals surface area contributed by atoms with Crippen LogP contribution in [0.15, 0.2) is 30.5 Å². The van der Waals surface area contributed by atoms with E-state index in [0.29, 0.717) is 12.1 Å². The minimum absolute atomic E-state index is 0.0300. The molecule has 0 saturated heterocycles. The van der Waals surface area contributed by atoms with Gasteiger partial charge in [0.15, 0.2) is 0 Å². The summed E-state index contributed by atoms with van der Waals surface area (Å²) in [6, 6.07) is 6.84. The number of hydrogen-bond donors (Lipinski definition) is 1. The number of rotatable bonds is 8. The third kappa shape index (κ3) is 3.88. The van der Waals surface area contributed by atoms with Gasteiger partial charge in [-0.1, -0.05) is 6.92 Å². The van der Waals surface area contributed by atoms with E-state index in [0.717, 1.165) is 37.1 Å². The molecule has 0 amide bonds. The third-order valence-electron chi connectivity index (χ3n) is 3.07. The molecule has 6 heteroatoms. The molecule has 0 spiro atoms. The van der Waals surface area contributed by atoms with Gasteiger partial charge in [-0.25, -0.2) is 4.98 Å². The molecule has 2 rings (SSSR count). The van der Waals surface area contributed by atoms with Crippen LogP contribution in [-0.2, 0) is 4.74 Å². The molecule has 0 aliphatic heterocycles. The normalized spacial score (nSPS) is 10.7. The fraction of sp³-hybridized carbons (Fsp3) is 0.400. The minimum Gasteiger partial charge on any atom is -0.384 e. The lowest BCUT2D eigenvalue weighted by atomic mass is 10.1. The molecule has 2 aromatic rings. The molecular formula is C15H19N3O3. The van der Waals surface area contributed by atoms with Crippen LogP contribution in [0.4, 0.5) is 11.4 Å². The number of benzene rings is 1. The number of nitrogens with zero attached hydrogens (tertiary/aromatic N) is 2. The number of nitro groups is 1. The second-order valence-electron chi connectivity index (χ2n) is 4.68. The Balaban J connectivity index is 2.07. The number of ether oxygens (including phenoxy) is 1. The lowest BCUT2D eigenvalue weighted by Crippen LogP contribution is -2.07. The van der Waals surface area contributed by atoms with Crippen molar-refractivity contribution in [1.82, 2.24) is 4.98 Å². The van der Waals surface area contributed by atoms with Gasteiger partial charge in [0.1, 0.15) is 5.52 Å². The summed E-state index contributed by atoms with van der Waals surface area (Å²) >= 11 is 0. The van der Waals surface area contributed by atoms with Gasteiger partial charge in [-0.15, -0.1) is 0 Å². The molecule has 0 fully saturated rings. The first-order valence-electron chi connectivity index (χ1n) is 7.07. The van der Waals surface area contributed by atoms with Gasteiger partial charge in [0.25, 0.3) is 5.69 Å². The Labute approximate surface area is 123 Å². The Hall–Kier alpha value is -2.21.